The third-order valence-electron chi connectivity index (χ3n) is 4.18. The zero-order valence-corrected chi connectivity index (χ0v) is 14.9. The molecule has 7 heteroatoms. The largest absolute Gasteiger partial charge is 0.395 e. The highest BCUT2D eigenvalue weighted by Crippen LogP contribution is 2.19. The average molecular weight is 359 g/mol. The molecule has 0 heterocycles. The molecule has 0 bridgehead atoms. The molecule has 0 aromatic heterocycles. The fourth-order valence-electron chi connectivity index (χ4n) is 2.60. The van der Waals surface area contributed by atoms with E-state index in [0.29, 0.717) is 37.6 Å². The summed E-state index contributed by atoms with van der Waals surface area (Å²) in [6, 6.07) is 7.34. The number of carbonyl (C=O) groups is 2. The van der Waals surface area contributed by atoms with E-state index >= 15 is 0 Å². The Morgan fingerprint density at radius 1 is 1.04 bits per heavy atom. The van der Waals surface area contributed by atoms with Gasteiger partial charge in [0, 0.05) is 31.9 Å². The number of aliphatic hydroxyl groups excluding tert-OH is 2. The summed E-state index contributed by atoms with van der Waals surface area (Å²) in [7, 11) is 0. The fraction of sp³-hybridized carbons (Fsp3) is 0.421. The Labute approximate surface area is 153 Å². The Bertz CT molecular complexity index is 677. The molecule has 1 aromatic rings. The molecule has 0 saturated heterocycles. The predicted molar refractivity (Wildman–Crippen MR) is 101 cm³/mol. The number of rotatable bonds is 9. The van der Waals surface area contributed by atoms with Gasteiger partial charge in [0.2, 0.25) is 0 Å². The lowest BCUT2D eigenvalue weighted by Crippen LogP contribution is -2.34. The van der Waals surface area contributed by atoms with Crippen LogP contribution in [0.5, 0.6) is 0 Å². The van der Waals surface area contributed by atoms with Crippen LogP contribution >= 0.6 is 0 Å². The summed E-state index contributed by atoms with van der Waals surface area (Å²) in [4.78, 5) is 29.8. The van der Waals surface area contributed by atoms with Crippen molar-refractivity contribution in [2.75, 3.05) is 44.7 Å². The van der Waals surface area contributed by atoms with E-state index in [2.05, 4.69) is 10.3 Å². The monoisotopic (exact) mass is 359 g/mol. The topological polar surface area (TPSA) is 102 Å². The van der Waals surface area contributed by atoms with Gasteiger partial charge in [-0.1, -0.05) is 0 Å². The number of hydrogen-bond donors (Lipinski definition) is 3. The molecule has 0 amide bonds. The summed E-state index contributed by atoms with van der Waals surface area (Å²) < 4.78 is 0. The van der Waals surface area contributed by atoms with Gasteiger partial charge in [-0.3, -0.25) is 14.5 Å². The summed E-state index contributed by atoms with van der Waals surface area (Å²) in [6.45, 7) is 4.15. The lowest BCUT2D eigenvalue weighted by atomic mass is 9.92. The first kappa shape index (κ1) is 20.0. The SMILES string of the molecule is CC1C(=O)C=CC(=Nc2ccc(NCCN(CCO)CCO)cc2)C1=O. The zero-order valence-electron chi connectivity index (χ0n) is 14.9. The van der Waals surface area contributed by atoms with E-state index in [1.54, 1.807) is 19.1 Å². The van der Waals surface area contributed by atoms with Crippen LogP contribution in [0.3, 0.4) is 0 Å². The molecule has 0 saturated carbocycles. The Hall–Kier alpha value is -2.35. The summed E-state index contributed by atoms with van der Waals surface area (Å²) in [5.74, 6) is -1.11. The van der Waals surface area contributed by atoms with Crippen LogP contribution in [0.1, 0.15) is 6.92 Å². The van der Waals surface area contributed by atoms with Crippen molar-refractivity contribution in [2.24, 2.45) is 10.9 Å². The standard InChI is InChI=1S/C19H25N3O4/c1-14-18(25)7-6-17(19(14)26)21-16-4-2-15(3-5-16)20-8-9-22(10-12-23)11-13-24/h2-7,14,20,23-24H,8-13H2,1H3. The van der Waals surface area contributed by atoms with Crippen LogP contribution in [0.15, 0.2) is 41.4 Å². The lowest BCUT2D eigenvalue weighted by Gasteiger charge is -2.20. The number of carbonyl (C=O) groups excluding carboxylic acids is 2. The molecule has 0 fully saturated rings. The second kappa shape index (κ2) is 9.96. The van der Waals surface area contributed by atoms with Gasteiger partial charge in [-0.25, -0.2) is 4.99 Å². The first-order chi connectivity index (χ1) is 12.5. The van der Waals surface area contributed by atoms with Gasteiger partial charge < -0.3 is 15.5 Å². The second-order valence-corrected chi connectivity index (χ2v) is 6.08. The van der Waals surface area contributed by atoms with Crippen molar-refractivity contribution in [3.8, 4) is 0 Å². The molecule has 1 aromatic carbocycles. The molecule has 3 N–H and O–H groups in total. The van der Waals surface area contributed by atoms with Crippen LogP contribution in [0, 0.1) is 5.92 Å². The smallest absolute Gasteiger partial charge is 0.191 e. The molecule has 1 aliphatic carbocycles. The van der Waals surface area contributed by atoms with Gasteiger partial charge in [0.25, 0.3) is 0 Å². The van der Waals surface area contributed by atoms with Crippen LogP contribution in [-0.4, -0.2) is 71.8 Å². The van der Waals surface area contributed by atoms with E-state index < -0.39 is 5.92 Å². The maximum absolute atomic E-state index is 12.1. The summed E-state index contributed by atoms with van der Waals surface area (Å²) in [5, 5.41) is 21.2. The van der Waals surface area contributed by atoms with Crippen molar-refractivity contribution in [1.82, 2.24) is 4.90 Å². The normalized spacial score (nSPS) is 18.8. The van der Waals surface area contributed by atoms with Crippen molar-refractivity contribution < 1.29 is 19.8 Å². The first-order valence-electron chi connectivity index (χ1n) is 8.68. The maximum atomic E-state index is 12.1. The minimum absolute atomic E-state index is 0.0619. The third kappa shape index (κ3) is 5.59. The molecule has 140 valence electrons. The van der Waals surface area contributed by atoms with Crippen molar-refractivity contribution in [1.29, 1.82) is 0 Å². The average Bonchev–Trinajstić information content (AvgIpc) is 2.64. The van der Waals surface area contributed by atoms with Crippen molar-refractivity contribution in [3.63, 3.8) is 0 Å². The van der Waals surface area contributed by atoms with Gasteiger partial charge in [-0.15, -0.1) is 0 Å². The number of ketones is 2. The van der Waals surface area contributed by atoms with E-state index in [0.717, 1.165) is 5.69 Å². The highest BCUT2D eigenvalue weighted by molar-refractivity contribution is 6.50. The fourth-order valence-corrected chi connectivity index (χ4v) is 2.60. The summed E-state index contributed by atoms with van der Waals surface area (Å²) in [6.07, 6.45) is 2.86. The van der Waals surface area contributed by atoms with E-state index in [-0.39, 0.29) is 24.8 Å². The summed E-state index contributed by atoms with van der Waals surface area (Å²) in [5.41, 5.74) is 1.85. The van der Waals surface area contributed by atoms with Gasteiger partial charge in [0.1, 0.15) is 5.71 Å². The lowest BCUT2D eigenvalue weighted by molar-refractivity contribution is -0.126. The van der Waals surface area contributed by atoms with Crippen LogP contribution in [0.25, 0.3) is 0 Å². The van der Waals surface area contributed by atoms with Gasteiger partial charge in [-0.2, -0.15) is 0 Å². The molecule has 2 rings (SSSR count). The van der Waals surface area contributed by atoms with Gasteiger partial charge in [0.05, 0.1) is 24.8 Å². The molecule has 7 nitrogen and oxygen atoms in total. The van der Waals surface area contributed by atoms with E-state index in [1.165, 1.54) is 12.2 Å². The molecule has 0 radical (unpaired) electrons. The number of hydrogen-bond acceptors (Lipinski definition) is 7. The zero-order chi connectivity index (χ0) is 18.9. The highest BCUT2D eigenvalue weighted by Gasteiger charge is 2.26. The summed E-state index contributed by atoms with van der Waals surface area (Å²) >= 11 is 0. The number of nitrogens with one attached hydrogen (secondary N) is 1. The van der Waals surface area contributed by atoms with Gasteiger partial charge >= 0.3 is 0 Å². The quantitative estimate of drug-likeness (QED) is 0.564. The van der Waals surface area contributed by atoms with E-state index in [4.69, 9.17) is 10.2 Å². The second-order valence-electron chi connectivity index (χ2n) is 6.08. The number of Topliss-reactive ketones (excluding diaryl/α,β-unsaturated/α-hetero) is 1. The number of aliphatic imine (C=N–C) groups is 1. The Balaban J connectivity index is 1.92. The molecule has 26 heavy (non-hydrogen) atoms. The third-order valence-corrected chi connectivity index (χ3v) is 4.18. The van der Waals surface area contributed by atoms with Crippen LogP contribution in [0.2, 0.25) is 0 Å². The van der Waals surface area contributed by atoms with Crippen molar-refractivity contribution in [3.05, 3.63) is 36.4 Å². The molecule has 0 spiro atoms. The molecule has 1 aliphatic rings. The first-order valence-corrected chi connectivity index (χ1v) is 8.68. The van der Waals surface area contributed by atoms with Crippen LogP contribution in [0.4, 0.5) is 11.4 Å². The molecule has 1 atom stereocenters. The Morgan fingerprint density at radius 2 is 1.69 bits per heavy atom. The van der Waals surface area contributed by atoms with Crippen molar-refractivity contribution in [2.45, 2.75) is 6.92 Å². The van der Waals surface area contributed by atoms with Gasteiger partial charge in [-0.05, 0) is 43.3 Å². The van der Waals surface area contributed by atoms with E-state index in [1.807, 2.05) is 17.0 Å². The van der Waals surface area contributed by atoms with Crippen molar-refractivity contribution >= 4 is 28.7 Å². The maximum Gasteiger partial charge on any atom is 0.191 e. The number of benzene rings is 1. The van der Waals surface area contributed by atoms with E-state index in [9.17, 15) is 9.59 Å². The highest BCUT2D eigenvalue weighted by atomic mass is 16.3. The molecule has 0 aliphatic heterocycles. The minimum atomic E-state index is -0.666. The number of anilines is 1. The Morgan fingerprint density at radius 3 is 2.31 bits per heavy atom. The Kier molecular flexibility index (Phi) is 7.65. The minimum Gasteiger partial charge on any atom is -0.395 e. The molecule has 1 unspecified atom stereocenters. The van der Waals surface area contributed by atoms with Crippen LogP contribution in [-0.2, 0) is 9.59 Å². The molecular weight excluding hydrogens is 334 g/mol. The number of aliphatic hydroxyl groups is 2. The predicted octanol–water partition coefficient (Wildman–Crippen LogP) is 0.802. The van der Waals surface area contributed by atoms with Crippen LogP contribution < -0.4 is 5.32 Å². The van der Waals surface area contributed by atoms with Gasteiger partial charge in [0.15, 0.2) is 11.6 Å². The number of allylic oxidation sites excluding steroid dienone is 2. The number of nitrogens with zero attached hydrogens (tertiary/aromatic N) is 2. The molecular formula is C19H25N3O4.